The van der Waals surface area contributed by atoms with Crippen LogP contribution >= 0.6 is 15.9 Å². The molecule has 1 aromatic heterocycles. The second-order valence-electron chi connectivity index (χ2n) is 3.72. The number of hydrogen-bond acceptors (Lipinski definition) is 4. The van der Waals surface area contributed by atoms with E-state index in [-0.39, 0.29) is 0 Å². The summed E-state index contributed by atoms with van der Waals surface area (Å²) in [6, 6.07) is 11.1. The Morgan fingerprint density at radius 2 is 2.21 bits per heavy atom. The summed E-state index contributed by atoms with van der Waals surface area (Å²) in [4.78, 5) is 3.91. The minimum Gasteiger partial charge on any atom is -0.493 e. The minimum atomic E-state index is 0.343. The molecule has 5 heteroatoms. The largest absolute Gasteiger partial charge is 0.493 e. The van der Waals surface area contributed by atoms with E-state index in [9.17, 15) is 0 Å². The highest BCUT2D eigenvalue weighted by Crippen LogP contribution is 2.35. The van der Waals surface area contributed by atoms with Crippen molar-refractivity contribution in [2.24, 2.45) is 0 Å². The van der Waals surface area contributed by atoms with Gasteiger partial charge < -0.3 is 9.47 Å². The van der Waals surface area contributed by atoms with Crippen molar-refractivity contribution in [1.29, 1.82) is 5.26 Å². The Kier molecular flexibility index (Phi) is 4.37. The number of hydrogen-bond donors (Lipinski definition) is 0. The first-order chi connectivity index (χ1) is 9.24. The van der Waals surface area contributed by atoms with Gasteiger partial charge in [-0.15, -0.1) is 0 Å². The molecule has 0 spiro atoms. The minimum absolute atomic E-state index is 0.343. The Labute approximate surface area is 119 Å². The molecular weight excluding hydrogens is 308 g/mol. The number of benzene rings is 1. The molecule has 0 aliphatic rings. The smallest absolute Gasteiger partial charge is 0.175 e. The summed E-state index contributed by atoms with van der Waals surface area (Å²) in [5.74, 6) is 1.30. The van der Waals surface area contributed by atoms with Crippen LogP contribution in [0.4, 0.5) is 0 Å². The normalized spacial score (nSPS) is 9.74. The lowest BCUT2D eigenvalue weighted by Gasteiger charge is -2.12. The van der Waals surface area contributed by atoms with E-state index in [4.69, 9.17) is 14.7 Å². The molecule has 0 fully saturated rings. The molecule has 0 unspecified atom stereocenters. The van der Waals surface area contributed by atoms with E-state index in [1.165, 1.54) is 0 Å². The molecule has 19 heavy (non-hydrogen) atoms. The van der Waals surface area contributed by atoms with Crippen LogP contribution in [0.1, 0.15) is 11.3 Å². The highest BCUT2D eigenvalue weighted by molar-refractivity contribution is 9.10. The maximum absolute atomic E-state index is 8.79. The molecular formula is C14H11BrN2O2. The van der Waals surface area contributed by atoms with Crippen molar-refractivity contribution in [3.8, 4) is 17.6 Å². The van der Waals surface area contributed by atoms with Gasteiger partial charge >= 0.3 is 0 Å². The zero-order valence-electron chi connectivity index (χ0n) is 10.3. The zero-order chi connectivity index (χ0) is 13.7. The first-order valence-electron chi connectivity index (χ1n) is 5.55. The van der Waals surface area contributed by atoms with Crippen LogP contribution in [0.15, 0.2) is 41.0 Å². The van der Waals surface area contributed by atoms with Crippen molar-refractivity contribution < 1.29 is 9.47 Å². The van der Waals surface area contributed by atoms with Gasteiger partial charge in [-0.3, -0.25) is 0 Å². The van der Waals surface area contributed by atoms with Gasteiger partial charge in [0.25, 0.3) is 0 Å². The third-order valence-electron chi connectivity index (χ3n) is 2.47. The van der Waals surface area contributed by atoms with Crippen molar-refractivity contribution in [2.45, 2.75) is 6.61 Å². The molecule has 0 bridgehead atoms. The van der Waals surface area contributed by atoms with Gasteiger partial charge in [-0.05, 0) is 45.8 Å². The topological polar surface area (TPSA) is 55.1 Å². The number of pyridine rings is 1. The molecule has 0 aliphatic carbocycles. The summed E-state index contributed by atoms with van der Waals surface area (Å²) in [5, 5.41) is 8.79. The fraction of sp³-hybridized carbons (Fsp3) is 0.143. The Hall–Kier alpha value is -2.06. The number of nitrogens with zero attached hydrogens (tertiary/aromatic N) is 2. The van der Waals surface area contributed by atoms with E-state index in [2.05, 4.69) is 20.9 Å². The number of halogens is 1. The number of ether oxygens (including phenoxy) is 2. The molecule has 0 saturated carbocycles. The third kappa shape index (κ3) is 3.24. The number of rotatable bonds is 4. The molecule has 0 radical (unpaired) electrons. The number of aromatic nitrogens is 1. The molecule has 0 atom stereocenters. The molecule has 2 aromatic rings. The van der Waals surface area contributed by atoms with Crippen LogP contribution in [0.3, 0.4) is 0 Å². The summed E-state index contributed by atoms with van der Waals surface area (Å²) < 4.78 is 11.8. The monoisotopic (exact) mass is 318 g/mol. The van der Waals surface area contributed by atoms with Gasteiger partial charge in [-0.2, -0.15) is 5.26 Å². The van der Waals surface area contributed by atoms with E-state index in [1.54, 1.807) is 19.4 Å². The fourth-order valence-electron chi connectivity index (χ4n) is 1.57. The molecule has 1 aromatic carbocycles. The lowest BCUT2D eigenvalue weighted by molar-refractivity contribution is 0.282. The molecule has 4 nitrogen and oxygen atoms in total. The first-order valence-corrected chi connectivity index (χ1v) is 6.34. The predicted octanol–water partition coefficient (Wildman–Crippen LogP) is 3.30. The molecule has 0 amide bonds. The number of para-hydroxylation sites is 1. The van der Waals surface area contributed by atoms with Gasteiger partial charge in [-0.25, -0.2) is 4.98 Å². The van der Waals surface area contributed by atoms with Crippen molar-refractivity contribution in [2.75, 3.05) is 7.11 Å². The van der Waals surface area contributed by atoms with E-state index in [0.29, 0.717) is 23.8 Å². The fourth-order valence-corrected chi connectivity index (χ4v) is 2.03. The third-order valence-corrected chi connectivity index (χ3v) is 3.10. The van der Waals surface area contributed by atoms with Gasteiger partial charge in [-0.1, -0.05) is 6.07 Å². The van der Waals surface area contributed by atoms with Crippen LogP contribution in [0.25, 0.3) is 0 Å². The first kappa shape index (κ1) is 13.4. The maximum Gasteiger partial charge on any atom is 0.175 e. The van der Waals surface area contributed by atoms with Crippen LogP contribution < -0.4 is 9.47 Å². The second kappa shape index (κ2) is 6.21. The van der Waals surface area contributed by atoms with Gasteiger partial charge in [0.05, 0.1) is 11.6 Å². The summed E-state index contributed by atoms with van der Waals surface area (Å²) in [6.07, 6.45) is 1.59. The number of nitriles is 1. The van der Waals surface area contributed by atoms with Crippen molar-refractivity contribution in [3.63, 3.8) is 0 Å². The Balaban J connectivity index is 2.17. The standard InChI is InChI=1S/C14H11BrN2O2/c1-18-13-4-2-3-12(15)14(13)19-9-10-5-6-17-11(7-10)8-16/h2-7H,9H2,1H3. The summed E-state index contributed by atoms with van der Waals surface area (Å²) in [5.41, 5.74) is 1.25. The van der Waals surface area contributed by atoms with Crippen molar-refractivity contribution >= 4 is 15.9 Å². The van der Waals surface area contributed by atoms with E-state index in [0.717, 1.165) is 10.0 Å². The summed E-state index contributed by atoms with van der Waals surface area (Å²) >= 11 is 3.42. The van der Waals surface area contributed by atoms with Crippen LogP contribution in [-0.4, -0.2) is 12.1 Å². The summed E-state index contributed by atoms with van der Waals surface area (Å²) in [7, 11) is 1.59. The van der Waals surface area contributed by atoms with Crippen LogP contribution in [0.2, 0.25) is 0 Å². The van der Waals surface area contributed by atoms with E-state index < -0.39 is 0 Å². The number of methoxy groups -OCH3 is 1. The van der Waals surface area contributed by atoms with E-state index >= 15 is 0 Å². The van der Waals surface area contributed by atoms with Crippen LogP contribution in [0.5, 0.6) is 11.5 Å². The molecule has 2 rings (SSSR count). The van der Waals surface area contributed by atoms with E-state index in [1.807, 2.05) is 30.3 Å². The van der Waals surface area contributed by atoms with Gasteiger partial charge in [0.2, 0.25) is 0 Å². The second-order valence-corrected chi connectivity index (χ2v) is 4.58. The van der Waals surface area contributed by atoms with Crippen LogP contribution in [0, 0.1) is 11.3 Å². The van der Waals surface area contributed by atoms with Crippen molar-refractivity contribution in [1.82, 2.24) is 4.98 Å². The predicted molar refractivity (Wildman–Crippen MR) is 74.0 cm³/mol. The van der Waals surface area contributed by atoms with Gasteiger partial charge in [0.15, 0.2) is 11.5 Å². The average molecular weight is 319 g/mol. The average Bonchev–Trinajstić information content (AvgIpc) is 2.46. The SMILES string of the molecule is COc1cccc(Br)c1OCc1ccnc(C#N)c1. The Morgan fingerprint density at radius 1 is 1.37 bits per heavy atom. The van der Waals surface area contributed by atoms with Crippen LogP contribution in [-0.2, 0) is 6.61 Å². The van der Waals surface area contributed by atoms with Gasteiger partial charge in [0, 0.05) is 6.20 Å². The lowest BCUT2D eigenvalue weighted by Crippen LogP contribution is -1.99. The molecule has 96 valence electrons. The maximum atomic E-state index is 8.79. The highest BCUT2D eigenvalue weighted by atomic mass is 79.9. The summed E-state index contributed by atoms with van der Waals surface area (Å²) in [6.45, 7) is 0.343. The lowest BCUT2D eigenvalue weighted by atomic mass is 10.2. The zero-order valence-corrected chi connectivity index (χ0v) is 11.8. The quantitative estimate of drug-likeness (QED) is 0.867. The Morgan fingerprint density at radius 3 is 2.95 bits per heavy atom. The van der Waals surface area contributed by atoms with Gasteiger partial charge in [0.1, 0.15) is 18.4 Å². The molecule has 1 heterocycles. The molecule has 0 N–H and O–H groups in total. The molecule has 0 aliphatic heterocycles. The Bertz CT molecular complexity index is 623. The molecule has 0 saturated heterocycles. The highest BCUT2D eigenvalue weighted by Gasteiger charge is 2.08. The van der Waals surface area contributed by atoms with Crippen molar-refractivity contribution in [3.05, 3.63) is 52.3 Å².